The van der Waals surface area contributed by atoms with Gasteiger partial charge in [-0.1, -0.05) is 18.2 Å². The van der Waals surface area contributed by atoms with Crippen molar-refractivity contribution in [2.45, 2.75) is 13.0 Å². The van der Waals surface area contributed by atoms with Gasteiger partial charge in [0.1, 0.15) is 6.29 Å². The third-order valence-electron chi connectivity index (χ3n) is 1.97. The molecule has 0 N–H and O–H groups in total. The minimum absolute atomic E-state index is 0.0626. The Morgan fingerprint density at radius 1 is 1.33 bits per heavy atom. The van der Waals surface area contributed by atoms with Gasteiger partial charge in [-0.25, -0.2) is 0 Å². The number of para-hydroxylation sites is 1. The standard InChI is InChI=1S/C10H13NO/c1-9(8-12)11(2)10-6-4-3-5-7-10/h3-9H,1-2H3. The number of nitrogens with zero attached hydrogens (tertiary/aromatic N) is 1. The predicted molar refractivity (Wildman–Crippen MR) is 50.4 cm³/mol. The van der Waals surface area contributed by atoms with Crippen molar-refractivity contribution in [3.63, 3.8) is 0 Å². The van der Waals surface area contributed by atoms with Gasteiger partial charge >= 0.3 is 0 Å². The number of hydrogen-bond acceptors (Lipinski definition) is 2. The van der Waals surface area contributed by atoms with Gasteiger partial charge in [0, 0.05) is 12.7 Å². The summed E-state index contributed by atoms with van der Waals surface area (Å²) in [6.45, 7) is 1.88. The second-order valence-electron chi connectivity index (χ2n) is 2.82. The van der Waals surface area contributed by atoms with Crippen LogP contribution in [0.4, 0.5) is 5.69 Å². The fourth-order valence-corrected chi connectivity index (χ4v) is 0.990. The molecule has 1 aromatic carbocycles. The van der Waals surface area contributed by atoms with Crippen LogP contribution in [-0.2, 0) is 4.79 Å². The van der Waals surface area contributed by atoms with Gasteiger partial charge in [0.2, 0.25) is 0 Å². The van der Waals surface area contributed by atoms with Crippen LogP contribution < -0.4 is 4.90 Å². The normalized spacial score (nSPS) is 12.2. The molecule has 0 spiro atoms. The number of hydrogen-bond donors (Lipinski definition) is 0. The molecule has 1 unspecified atom stereocenters. The van der Waals surface area contributed by atoms with Crippen LogP contribution in [0.5, 0.6) is 0 Å². The number of aldehydes is 1. The average Bonchev–Trinajstić information content (AvgIpc) is 2.17. The molecule has 0 saturated heterocycles. The quantitative estimate of drug-likeness (QED) is 0.632. The van der Waals surface area contributed by atoms with E-state index in [1.165, 1.54) is 0 Å². The van der Waals surface area contributed by atoms with Gasteiger partial charge in [-0.3, -0.25) is 0 Å². The van der Waals surface area contributed by atoms with Gasteiger partial charge in [0.05, 0.1) is 6.04 Å². The van der Waals surface area contributed by atoms with Gasteiger partial charge in [-0.15, -0.1) is 0 Å². The Morgan fingerprint density at radius 2 is 1.92 bits per heavy atom. The van der Waals surface area contributed by atoms with E-state index in [0.29, 0.717) is 0 Å². The molecular weight excluding hydrogens is 150 g/mol. The molecule has 1 rings (SSSR count). The zero-order chi connectivity index (χ0) is 8.97. The first-order valence-electron chi connectivity index (χ1n) is 3.99. The molecule has 0 amide bonds. The van der Waals surface area contributed by atoms with Gasteiger partial charge in [-0.05, 0) is 19.1 Å². The second-order valence-corrected chi connectivity index (χ2v) is 2.82. The number of carbonyl (C=O) groups excluding carboxylic acids is 1. The zero-order valence-electron chi connectivity index (χ0n) is 7.40. The lowest BCUT2D eigenvalue weighted by Gasteiger charge is -2.22. The number of anilines is 1. The van der Waals surface area contributed by atoms with Crippen LogP contribution in [-0.4, -0.2) is 19.4 Å². The Bertz CT molecular complexity index is 245. The first-order chi connectivity index (χ1) is 5.75. The van der Waals surface area contributed by atoms with Crippen molar-refractivity contribution in [2.75, 3.05) is 11.9 Å². The summed E-state index contributed by atoms with van der Waals surface area (Å²) in [5, 5.41) is 0. The van der Waals surface area contributed by atoms with Crippen molar-refractivity contribution < 1.29 is 4.79 Å². The highest BCUT2D eigenvalue weighted by atomic mass is 16.1. The van der Waals surface area contributed by atoms with Crippen LogP contribution in [0.25, 0.3) is 0 Å². The minimum Gasteiger partial charge on any atom is -0.365 e. The molecule has 0 saturated carbocycles. The maximum absolute atomic E-state index is 10.5. The van der Waals surface area contributed by atoms with Crippen LogP contribution >= 0.6 is 0 Å². The molecule has 1 aromatic rings. The number of benzene rings is 1. The second kappa shape index (κ2) is 3.90. The molecule has 0 bridgehead atoms. The summed E-state index contributed by atoms with van der Waals surface area (Å²) in [4.78, 5) is 12.4. The fraction of sp³-hybridized carbons (Fsp3) is 0.300. The topological polar surface area (TPSA) is 20.3 Å². The SMILES string of the molecule is CC(C=O)N(C)c1ccccc1. The van der Waals surface area contributed by atoms with Crippen LogP contribution in [0.15, 0.2) is 30.3 Å². The highest BCUT2D eigenvalue weighted by molar-refractivity contribution is 5.64. The molecule has 2 heteroatoms. The highest BCUT2D eigenvalue weighted by Crippen LogP contribution is 2.12. The number of rotatable bonds is 3. The molecular formula is C10H13NO. The van der Waals surface area contributed by atoms with E-state index in [4.69, 9.17) is 0 Å². The Balaban J connectivity index is 2.78. The van der Waals surface area contributed by atoms with E-state index in [2.05, 4.69) is 0 Å². The van der Waals surface area contributed by atoms with Crippen LogP contribution in [0, 0.1) is 0 Å². The monoisotopic (exact) mass is 163 g/mol. The molecule has 64 valence electrons. The van der Waals surface area contributed by atoms with Crippen molar-refractivity contribution in [1.29, 1.82) is 0 Å². The molecule has 0 heterocycles. The van der Waals surface area contributed by atoms with E-state index < -0.39 is 0 Å². The van der Waals surface area contributed by atoms with Crippen molar-refractivity contribution in [2.24, 2.45) is 0 Å². The van der Waals surface area contributed by atoms with Crippen LogP contribution in [0.1, 0.15) is 6.92 Å². The van der Waals surface area contributed by atoms with E-state index in [1.54, 1.807) is 0 Å². The fourth-order valence-electron chi connectivity index (χ4n) is 0.990. The Hall–Kier alpha value is -1.31. The van der Waals surface area contributed by atoms with E-state index in [0.717, 1.165) is 12.0 Å². The Labute approximate surface area is 72.8 Å². The molecule has 0 fully saturated rings. The summed E-state index contributed by atoms with van der Waals surface area (Å²) >= 11 is 0. The molecule has 0 aromatic heterocycles. The smallest absolute Gasteiger partial charge is 0.142 e. The average molecular weight is 163 g/mol. The Kier molecular flexibility index (Phi) is 2.86. The highest BCUT2D eigenvalue weighted by Gasteiger charge is 2.06. The molecule has 0 radical (unpaired) electrons. The van der Waals surface area contributed by atoms with Crippen LogP contribution in [0.3, 0.4) is 0 Å². The zero-order valence-corrected chi connectivity index (χ0v) is 7.40. The van der Waals surface area contributed by atoms with E-state index >= 15 is 0 Å². The first-order valence-corrected chi connectivity index (χ1v) is 3.99. The predicted octanol–water partition coefficient (Wildman–Crippen LogP) is 1.71. The lowest BCUT2D eigenvalue weighted by molar-refractivity contribution is -0.108. The van der Waals surface area contributed by atoms with Gasteiger partial charge in [-0.2, -0.15) is 0 Å². The van der Waals surface area contributed by atoms with Crippen molar-refractivity contribution in [3.8, 4) is 0 Å². The molecule has 0 aliphatic rings. The van der Waals surface area contributed by atoms with Gasteiger partial charge in [0.15, 0.2) is 0 Å². The maximum atomic E-state index is 10.5. The molecule has 0 aliphatic heterocycles. The summed E-state index contributed by atoms with van der Waals surface area (Å²) in [6.07, 6.45) is 0.938. The third-order valence-corrected chi connectivity index (χ3v) is 1.97. The minimum atomic E-state index is -0.0626. The molecule has 0 aliphatic carbocycles. The van der Waals surface area contributed by atoms with E-state index in [1.807, 2.05) is 49.2 Å². The maximum Gasteiger partial charge on any atom is 0.142 e. The summed E-state index contributed by atoms with van der Waals surface area (Å²) in [5.74, 6) is 0. The number of carbonyl (C=O) groups is 1. The first kappa shape index (κ1) is 8.78. The van der Waals surface area contributed by atoms with Crippen molar-refractivity contribution in [3.05, 3.63) is 30.3 Å². The lowest BCUT2D eigenvalue weighted by atomic mass is 10.2. The van der Waals surface area contributed by atoms with E-state index in [9.17, 15) is 4.79 Å². The summed E-state index contributed by atoms with van der Waals surface area (Å²) in [6, 6.07) is 9.79. The summed E-state index contributed by atoms with van der Waals surface area (Å²) in [5.41, 5.74) is 1.07. The molecule has 2 nitrogen and oxygen atoms in total. The third kappa shape index (κ3) is 1.84. The van der Waals surface area contributed by atoms with E-state index in [-0.39, 0.29) is 6.04 Å². The van der Waals surface area contributed by atoms with Gasteiger partial charge in [0.25, 0.3) is 0 Å². The van der Waals surface area contributed by atoms with Crippen molar-refractivity contribution >= 4 is 12.0 Å². The summed E-state index contributed by atoms with van der Waals surface area (Å²) in [7, 11) is 1.91. The lowest BCUT2D eigenvalue weighted by Crippen LogP contribution is -2.29. The van der Waals surface area contributed by atoms with Crippen molar-refractivity contribution in [1.82, 2.24) is 0 Å². The largest absolute Gasteiger partial charge is 0.365 e. The van der Waals surface area contributed by atoms with Crippen LogP contribution in [0.2, 0.25) is 0 Å². The van der Waals surface area contributed by atoms with Gasteiger partial charge < -0.3 is 9.69 Å². The molecule has 12 heavy (non-hydrogen) atoms. The number of likely N-dealkylation sites (N-methyl/N-ethyl adjacent to an activating group) is 1. The summed E-state index contributed by atoms with van der Waals surface area (Å²) < 4.78 is 0. The molecule has 1 atom stereocenters. The Morgan fingerprint density at radius 3 is 2.42 bits per heavy atom.